The summed E-state index contributed by atoms with van der Waals surface area (Å²) in [6.45, 7) is 11.0. The van der Waals surface area contributed by atoms with Gasteiger partial charge in [-0.05, 0) is 83.0 Å². The molecule has 3 heterocycles. The SMILES string of the molecule is CC1(NC(=O)N2CCN(C(=O)C(C)(C)N)CC2)C=CN(c2ccc(OCCN3CCCC(CN)C3)cc2)C(=O)N1. The Kier molecular flexibility index (Phi) is 9.22. The van der Waals surface area contributed by atoms with E-state index in [1.807, 2.05) is 24.3 Å². The van der Waals surface area contributed by atoms with Gasteiger partial charge in [-0.25, -0.2) is 9.59 Å². The third-order valence-electron chi connectivity index (χ3n) is 7.64. The number of ether oxygens (including phenoxy) is 1. The fraction of sp³-hybridized carbons (Fsp3) is 0.607. The summed E-state index contributed by atoms with van der Waals surface area (Å²) in [7, 11) is 0. The van der Waals surface area contributed by atoms with E-state index in [1.165, 1.54) is 17.7 Å². The Balaban J connectivity index is 1.25. The van der Waals surface area contributed by atoms with Gasteiger partial charge in [0.2, 0.25) is 5.91 Å². The van der Waals surface area contributed by atoms with Crippen LogP contribution in [0.2, 0.25) is 0 Å². The molecule has 6 N–H and O–H groups in total. The van der Waals surface area contributed by atoms with Crippen LogP contribution in [0.25, 0.3) is 0 Å². The van der Waals surface area contributed by atoms with Crippen molar-refractivity contribution in [1.82, 2.24) is 25.3 Å². The largest absolute Gasteiger partial charge is 0.492 e. The van der Waals surface area contributed by atoms with Crippen LogP contribution in [-0.2, 0) is 4.79 Å². The molecule has 0 bridgehead atoms. The standard InChI is InChI=1S/C28H44N8O4/c1-27(2,30)24(37)34-13-15-35(16-14-34)25(38)31-28(3)10-12-36(26(39)32-28)22-6-8-23(9-7-22)40-18-17-33-11-4-5-21(19-29)20-33/h6-10,12,21H,4-5,11,13-20,29-30H2,1-3H3,(H,31,38)(H,32,39). The Morgan fingerprint density at radius 2 is 1.80 bits per heavy atom. The average Bonchev–Trinajstić information content (AvgIpc) is 2.93. The minimum atomic E-state index is -1.06. The molecular weight excluding hydrogens is 512 g/mol. The Labute approximate surface area is 236 Å². The van der Waals surface area contributed by atoms with Crippen molar-refractivity contribution in [3.63, 3.8) is 0 Å². The second kappa shape index (κ2) is 12.4. The van der Waals surface area contributed by atoms with E-state index in [4.69, 9.17) is 16.2 Å². The van der Waals surface area contributed by atoms with Crippen LogP contribution in [0.1, 0.15) is 33.6 Å². The molecule has 2 unspecified atom stereocenters. The quantitative estimate of drug-likeness (QED) is 0.374. The van der Waals surface area contributed by atoms with Gasteiger partial charge in [0, 0.05) is 45.5 Å². The molecule has 12 nitrogen and oxygen atoms in total. The molecule has 40 heavy (non-hydrogen) atoms. The molecular formula is C28H44N8O4. The average molecular weight is 557 g/mol. The molecule has 0 saturated carbocycles. The lowest BCUT2D eigenvalue weighted by Crippen LogP contribution is -2.65. The van der Waals surface area contributed by atoms with Crippen LogP contribution in [0.5, 0.6) is 5.75 Å². The highest BCUT2D eigenvalue weighted by atomic mass is 16.5. The second-order valence-electron chi connectivity index (χ2n) is 11.6. The minimum absolute atomic E-state index is 0.139. The van der Waals surface area contributed by atoms with Crippen LogP contribution in [0, 0.1) is 5.92 Å². The van der Waals surface area contributed by atoms with Crippen LogP contribution in [0.15, 0.2) is 36.5 Å². The van der Waals surface area contributed by atoms with E-state index in [1.54, 1.807) is 42.8 Å². The summed E-state index contributed by atoms with van der Waals surface area (Å²) in [6.07, 6.45) is 5.77. The molecule has 0 aliphatic carbocycles. The number of piperazine rings is 1. The fourth-order valence-electron chi connectivity index (χ4n) is 5.26. The maximum Gasteiger partial charge on any atom is 0.328 e. The monoisotopic (exact) mass is 556 g/mol. The van der Waals surface area contributed by atoms with E-state index in [9.17, 15) is 14.4 Å². The zero-order valence-corrected chi connectivity index (χ0v) is 23.9. The van der Waals surface area contributed by atoms with E-state index in [2.05, 4.69) is 15.5 Å². The molecule has 2 atom stereocenters. The minimum Gasteiger partial charge on any atom is -0.492 e. The Morgan fingerprint density at radius 1 is 1.12 bits per heavy atom. The number of nitrogens with two attached hydrogens (primary N) is 2. The van der Waals surface area contributed by atoms with Gasteiger partial charge in [-0.3, -0.25) is 14.6 Å². The number of piperidine rings is 1. The Morgan fingerprint density at radius 3 is 2.42 bits per heavy atom. The molecule has 2 fully saturated rings. The number of hydrogen-bond donors (Lipinski definition) is 4. The molecule has 220 valence electrons. The molecule has 0 aromatic heterocycles. The highest BCUT2D eigenvalue weighted by molar-refractivity contribution is 5.96. The maximum absolute atomic E-state index is 13.0. The topological polar surface area (TPSA) is 150 Å². The number of hydrogen-bond acceptors (Lipinski definition) is 7. The third kappa shape index (κ3) is 7.43. The molecule has 12 heteroatoms. The van der Waals surface area contributed by atoms with E-state index >= 15 is 0 Å². The summed E-state index contributed by atoms with van der Waals surface area (Å²) < 4.78 is 5.93. The molecule has 0 radical (unpaired) electrons. The Bertz CT molecular complexity index is 1080. The predicted molar refractivity (Wildman–Crippen MR) is 154 cm³/mol. The molecule has 5 amide bonds. The maximum atomic E-state index is 13.0. The number of likely N-dealkylation sites (tertiary alicyclic amines) is 1. The summed E-state index contributed by atoms with van der Waals surface area (Å²) in [4.78, 5) is 45.5. The predicted octanol–water partition coefficient (Wildman–Crippen LogP) is 1.09. The van der Waals surface area contributed by atoms with Crippen molar-refractivity contribution in [2.24, 2.45) is 17.4 Å². The zero-order valence-electron chi connectivity index (χ0n) is 23.9. The van der Waals surface area contributed by atoms with Crippen LogP contribution < -0.4 is 31.7 Å². The number of carbonyl (C=O) groups is 3. The van der Waals surface area contributed by atoms with Gasteiger partial charge < -0.3 is 36.6 Å². The first-order valence-electron chi connectivity index (χ1n) is 14.1. The van der Waals surface area contributed by atoms with Crippen molar-refractivity contribution in [2.75, 3.05) is 63.9 Å². The van der Waals surface area contributed by atoms with Gasteiger partial charge >= 0.3 is 12.1 Å². The van der Waals surface area contributed by atoms with Gasteiger partial charge in [-0.15, -0.1) is 0 Å². The number of anilines is 1. The highest BCUT2D eigenvalue weighted by Gasteiger charge is 2.35. The summed E-state index contributed by atoms with van der Waals surface area (Å²) in [5.74, 6) is 1.18. The van der Waals surface area contributed by atoms with E-state index < -0.39 is 11.2 Å². The van der Waals surface area contributed by atoms with Crippen molar-refractivity contribution in [2.45, 2.75) is 44.8 Å². The van der Waals surface area contributed by atoms with Crippen molar-refractivity contribution < 1.29 is 19.1 Å². The zero-order chi connectivity index (χ0) is 28.9. The number of rotatable bonds is 8. The third-order valence-corrected chi connectivity index (χ3v) is 7.64. The molecule has 3 aliphatic heterocycles. The first-order chi connectivity index (χ1) is 19.0. The molecule has 1 aromatic rings. The number of urea groups is 2. The van der Waals surface area contributed by atoms with Crippen molar-refractivity contribution in [3.05, 3.63) is 36.5 Å². The normalized spacial score (nSPS) is 24.1. The lowest BCUT2D eigenvalue weighted by molar-refractivity contribution is -0.137. The molecule has 1 aromatic carbocycles. The van der Waals surface area contributed by atoms with Crippen LogP contribution >= 0.6 is 0 Å². The summed E-state index contributed by atoms with van der Waals surface area (Å²) in [6, 6.07) is 6.68. The number of carbonyl (C=O) groups excluding carboxylic acids is 3. The van der Waals surface area contributed by atoms with Crippen molar-refractivity contribution in [1.29, 1.82) is 0 Å². The first-order valence-corrected chi connectivity index (χ1v) is 14.1. The number of benzene rings is 1. The summed E-state index contributed by atoms with van der Waals surface area (Å²) in [5.41, 5.74) is 10.4. The van der Waals surface area contributed by atoms with Gasteiger partial charge in [-0.2, -0.15) is 0 Å². The smallest absolute Gasteiger partial charge is 0.328 e. The molecule has 3 aliphatic rings. The number of amides is 5. The second-order valence-corrected chi connectivity index (χ2v) is 11.6. The van der Waals surface area contributed by atoms with Crippen LogP contribution in [-0.4, -0.2) is 103 Å². The summed E-state index contributed by atoms with van der Waals surface area (Å²) in [5, 5.41) is 5.76. The van der Waals surface area contributed by atoms with Gasteiger partial charge in [-0.1, -0.05) is 0 Å². The lowest BCUT2D eigenvalue weighted by atomic mass is 9.98. The highest BCUT2D eigenvalue weighted by Crippen LogP contribution is 2.23. The van der Waals surface area contributed by atoms with Crippen LogP contribution in [0.4, 0.5) is 15.3 Å². The van der Waals surface area contributed by atoms with Crippen molar-refractivity contribution in [3.8, 4) is 5.75 Å². The fourth-order valence-corrected chi connectivity index (χ4v) is 5.26. The van der Waals surface area contributed by atoms with Gasteiger partial charge in [0.25, 0.3) is 0 Å². The van der Waals surface area contributed by atoms with E-state index in [0.717, 1.165) is 31.9 Å². The van der Waals surface area contributed by atoms with Gasteiger partial charge in [0.1, 0.15) is 18.0 Å². The van der Waals surface area contributed by atoms with Crippen molar-refractivity contribution >= 4 is 23.7 Å². The van der Waals surface area contributed by atoms with E-state index in [0.29, 0.717) is 44.4 Å². The number of nitrogens with one attached hydrogen (secondary N) is 2. The first kappa shape index (κ1) is 29.6. The lowest BCUT2D eigenvalue weighted by Gasteiger charge is -2.40. The molecule has 4 rings (SSSR count). The van der Waals surface area contributed by atoms with E-state index in [-0.39, 0.29) is 18.0 Å². The summed E-state index contributed by atoms with van der Waals surface area (Å²) >= 11 is 0. The molecule has 0 spiro atoms. The van der Waals surface area contributed by atoms with Gasteiger partial charge in [0.15, 0.2) is 0 Å². The molecule has 2 saturated heterocycles. The Hall–Kier alpha value is -3.35. The van der Waals surface area contributed by atoms with Crippen LogP contribution in [0.3, 0.4) is 0 Å². The van der Waals surface area contributed by atoms with Gasteiger partial charge in [0.05, 0.1) is 11.2 Å². The number of nitrogens with zero attached hydrogens (tertiary/aromatic N) is 4.